The molecule has 2 rings (SSSR count). The highest BCUT2D eigenvalue weighted by Gasteiger charge is 1.96. The van der Waals surface area contributed by atoms with Crippen molar-refractivity contribution in [3.8, 4) is 5.75 Å². The quantitative estimate of drug-likeness (QED) is 0.652. The molecule has 100 valence electrons. The van der Waals surface area contributed by atoms with E-state index < -0.39 is 0 Å². The Balaban J connectivity index is 1.66. The van der Waals surface area contributed by atoms with Crippen molar-refractivity contribution >= 4 is 21.6 Å². The molecule has 0 amide bonds. The van der Waals surface area contributed by atoms with Crippen LogP contribution in [0.4, 0.5) is 5.69 Å². The van der Waals surface area contributed by atoms with Crippen molar-refractivity contribution in [1.29, 1.82) is 0 Å². The van der Waals surface area contributed by atoms with Gasteiger partial charge in [0.05, 0.1) is 13.2 Å². The SMILES string of the molecule is Nc1cccc(OCCOCc2ccc(Br)cc2)c1. The van der Waals surface area contributed by atoms with Crippen LogP contribution < -0.4 is 10.5 Å². The Kier molecular flexibility index (Phi) is 5.24. The normalized spacial score (nSPS) is 10.4. The summed E-state index contributed by atoms with van der Waals surface area (Å²) in [4.78, 5) is 0. The highest BCUT2D eigenvalue weighted by Crippen LogP contribution is 2.14. The molecule has 0 aliphatic carbocycles. The second-order valence-corrected chi connectivity index (χ2v) is 5.02. The van der Waals surface area contributed by atoms with Crippen LogP contribution >= 0.6 is 15.9 Å². The van der Waals surface area contributed by atoms with Crippen molar-refractivity contribution in [3.63, 3.8) is 0 Å². The first kappa shape index (κ1) is 13.9. The van der Waals surface area contributed by atoms with Crippen LogP contribution in [0.1, 0.15) is 5.56 Å². The molecule has 0 atom stereocenters. The first-order valence-electron chi connectivity index (χ1n) is 6.04. The molecule has 2 aromatic rings. The lowest BCUT2D eigenvalue weighted by atomic mass is 10.2. The number of halogens is 1. The Bertz CT molecular complexity index is 514. The van der Waals surface area contributed by atoms with E-state index in [1.165, 1.54) is 0 Å². The molecule has 0 saturated carbocycles. The van der Waals surface area contributed by atoms with Crippen LogP contribution in [0, 0.1) is 0 Å². The molecular weight excluding hydrogens is 306 g/mol. The zero-order valence-corrected chi connectivity index (χ0v) is 12.1. The van der Waals surface area contributed by atoms with Crippen LogP contribution in [0.5, 0.6) is 5.75 Å². The van der Waals surface area contributed by atoms with Crippen LogP contribution in [0.2, 0.25) is 0 Å². The third kappa shape index (κ3) is 4.93. The monoisotopic (exact) mass is 321 g/mol. The summed E-state index contributed by atoms with van der Waals surface area (Å²) >= 11 is 3.40. The number of hydrogen-bond acceptors (Lipinski definition) is 3. The largest absolute Gasteiger partial charge is 0.491 e. The predicted molar refractivity (Wildman–Crippen MR) is 80.1 cm³/mol. The van der Waals surface area contributed by atoms with Gasteiger partial charge in [0.2, 0.25) is 0 Å². The molecule has 0 bridgehead atoms. The smallest absolute Gasteiger partial charge is 0.121 e. The van der Waals surface area contributed by atoms with Gasteiger partial charge in [-0.1, -0.05) is 34.1 Å². The average Bonchev–Trinajstić information content (AvgIpc) is 2.41. The topological polar surface area (TPSA) is 44.5 Å². The van der Waals surface area contributed by atoms with Crippen LogP contribution in [0.15, 0.2) is 53.0 Å². The minimum absolute atomic E-state index is 0.514. The van der Waals surface area contributed by atoms with E-state index >= 15 is 0 Å². The third-order valence-electron chi connectivity index (χ3n) is 2.54. The zero-order chi connectivity index (χ0) is 13.5. The Morgan fingerprint density at radius 3 is 2.53 bits per heavy atom. The van der Waals surface area contributed by atoms with Crippen LogP contribution in [-0.4, -0.2) is 13.2 Å². The lowest BCUT2D eigenvalue weighted by molar-refractivity contribution is 0.0889. The number of hydrogen-bond donors (Lipinski definition) is 1. The number of benzene rings is 2. The molecule has 0 aromatic heterocycles. The van der Waals surface area contributed by atoms with Gasteiger partial charge >= 0.3 is 0 Å². The minimum Gasteiger partial charge on any atom is -0.491 e. The number of ether oxygens (including phenoxy) is 2. The van der Waals surface area contributed by atoms with Crippen molar-refractivity contribution in [2.45, 2.75) is 6.61 Å². The number of nitrogens with two attached hydrogens (primary N) is 1. The van der Waals surface area contributed by atoms with Gasteiger partial charge in [-0.2, -0.15) is 0 Å². The van der Waals surface area contributed by atoms with Gasteiger partial charge in [-0.05, 0) is 29.8 Å². The Morgan fingerprint density at radius 2 is 1.79 bits per heavy atom. The second kappa shape index (κ2) is 7.16. The van der Waals surface area contributed by atoms with Crippen molar-refractivity contribution in [2.75, 3.05) is 18.9 Å². The lowest BCUT2D eigenvalue weighted by Gasteiger charge is -2.07. The molecule has 19 heavy (non-hydrogen) atoms. The summed E-state index contributed by atoms with van der Waals surface area (Å²) in [5.74, 6) is 0.771. The minimum atomic E-state index is 0.514. The fourth-order valence-corrected chi connectivity index (χ4v) is 1.86. The molecule has 0 aliphatic heterocycles. The number of nitrogen functional groups attached to an aromatic ring is 1. The Morgan fingerprint density at radius 1 is 1.00 bits per heavy atom. The molecule has 0 aliphatic rings. The van der Waals surface area contributed by atoms with Gasteiger partial charge in [0.25, 0.3) is 0 Å². The van der Waals surface area contributed by atoms with E-state index in [-0.39, 0.29) is 0 Å². The van der Waals surface area contributed by atoms with Gasteiger partial charge in [0.1, 0.15) is 12.4 Å². The van der Waals surface area contributed by atoms with Gasteiger partial charge in [-0.25, -0.2) is 0 Å². The maximum absolute atomic E-state index is 5.66. The summed E-state index contributed by atoms with van der Waals surface area (Å²) in [7, 11) is 0. The third-order valence-corrected chi connectivity index (χ3v) is 3.07. The number of anilines is 1. The van der Waals surface area contributed by atoms with E-state index in [0.29, 0.717) is 25.5 Å². The van der Waals surface area contributed by atoms with Crippen molar-refractivity contribution in [1.82, 2.24) is 0 Å². The molecule has 0 fully saturated rings. The fraction of sp³-hybridized carbons (Fsp3) is 0.200. The Hall–Kier alpha value is -1.52. The van der Waals surface area contributed by atoms with Gasteiger partial charge in [0, 0.05) is 16.2 Å². The highest BCUT2D eigenvalue weighted by molar-refractivity contribution is 9.10. The van der Waals surface area contributed by atoms with E-state index in [1.54, 1.807) is 6.07 Å². The summed E-state index contributed by atoms with van der Waals surface area (Å²) in [6.45, 7) is 1.65. The molecule has 3 nitrogen and oxygen atoms in total. The van der Waals surface area contributed by atoms with Crippen molar-refractivity contribution < 1.29 is 9.47 Å². The molecule has 4 heteroatoms. The summed E-state index contributed by atoms with van der Waals surface area (Å²) in [6, 6.07) is 15.4. The summed E-state index contributed by atoms with van der Waals surface area (Å²) < 4.78 is 12.1. The molecule has 0 saturated heterocycles. The molecule has 2 aromatic carbocycles. The Labute approximate surface area is 121 Å². The lowest BCUT2D eigenvalue weighted by Crippen LogP contribution is -2.06. The van der Waals surface area contributed by atoms with Gasteiger partial charge < -0.3 is 15.2 Å². The van der Waals surface area contributed by atoms with E-state index in [4.69, 9.17) is 15.2 Å². The number of rotatable bonds is 6. The van der Waals surface area contributed by atoms with Gasteiger partial charge in [0.15, 0.2) is 0 Å². The van der Waals surface area contributed by atoms with Crippen molar-refractivity contribution in [3.05, 3.63) is 58.6 Å². The molecule has 2 N–H and O–H groups in total. The molecule has 0 spiro atoms. The molecule has 0 heterocycles. The first-order valence-corrected chi connectivity index (χ1v) is 6.84. The van der Waals surface area contributed by atoms with Crippen molar-refractivity contribution in [2.24, 2.45) is 0 Å². The van der Waals surface area contributed by atoms with E-state index in [1.807, 2.05) is 42.5 Å². The van der Waals surface area contributed by atoms with Gasteiger partial charge in [-0.3, -0.25) is 0 Å². The van der Waals surface area contributed by atoms with E-state index in [9.17, 15) is 0 Å². The van der Waals surface area contributed by atoms with Crippen LogP contribution in [-0.2, 0) is 11.3 Å². The summed E-state index contributed by atoms with van der Waals surface area (Å²) in [5, 5.41) is 0. The molecule has 0 unspecified atom stereocenters. The second-order valence-electron chi connectivity index (χ2n) is 4.10. The van der Waals surface area contributed by atoms with Gasteiger partial charge in [-0.15, -0.1) is 0 Å². The molecule has 0 radical (unpaired) electrons. The fourth-order valence-electron chi connectivity index (χ4n) is 1.59. The predicted octanol–water partition coefficient (Wildman–Crippen LogP) is 3.63. The van der Waals surface area contributed by atoms with Crippen LogP contribution in [0.3, 0.4) is 0 Å². The summed E-state index contributed by atoms with van der Waals surface area (Å²) in [6.07, 6.45) is 0. The summed E-state index contributed by atoms with van der Waals surface area (Å²) in [5.41, 5.74) is 7.51. The first-order chi connectivity index (χ1) is 9.24. The van der Waals surface area contributed by atoms with Crippen LogP contribution in [0.25, 0.3) is 0 Å². The standard InChI is InChI=1S/C15H16BrNO2/c16-13-6-4-12(5-7-13)11-18-8-9-19-15-3-1-2-14(17)10-15/h1-7,10H,8-9,11,17H2. The average molecular weight is 322 g/mol. The maximum atomic E-state index is 5.66. The zero-order valence-electron chi connectivity index (χ0n) is 10.5. The molecular formula is C15H16BrNO2. The highest BCUT2D eigenvalue weighted by atomic mass is 79.9. The van der Waals surface area contributed by atoms with E-state index in [0.717, 1.165) is 15.8 Å². The maximum Gasteiger partial charge on any atom is 0.121 e. The van der Waals surface area contributed by atoms with E-state index in [2.05, 4.69) is 15.9 Å².